The van der Waals surface area contributed by atoms with Crippen molar-refractivity contribution >= 4 is 68.0 Å². The van der Waals surface area contributed by atoms with Gasteiger partial charge in [-0.05, 0) is 132 Å². The van der Waals surface area contributed by atoms with Crippen LogP contribution in [0.3, 0.4) is 0 Å². The van der Waals surface area contributed by atoms with Crippen molar-refractivity contribution in [1.82, 2.24) is 39.9 Å². The van der Waals surface area contributed by atoms with Gasteiger partial charge in [0.15, 0.2) is 10.9 Å². The predicted octanol–water partition coefficient (Wildman–Crippen LogP) is 10.4. The number of pyridine rings is 2. The van der Waals surface area contributed by atoms with Crippen LogP contribution in [0.25, 0.3) is 21.6 Å². The molecule has 0 radical (unpaired) electrons. The van der Waals surface area contributed by atoms with Crippen LogP contribution in [0.1, 0.15) is 129 Å². The van der Waals surface area contributed by atoms with Crippen LogP contribution in [0.15, 0.2) is 97.3 Å². The maximum atomic E-state index is 14.6. The molecule has 3 aromatic heterocycles. The molecule has 3 fully saturated rings. The lowest BCUT2D eigenvalue weighted by molar-refractivity contribution is -0.140. The largest absolute Gasteiger partial charge is 0.491 e. The van der Waals surface area contributed by atoms with Gasteiger partial charge in [0.25, 0.3) is 11.8 Å². The number of ether oxygens (including phenoxy) is 5. The summed E-state index contributed by atoms with van der Waals surface area (Å²) in [5.74, 6) is -1.48. The van der Waals surface area contributed by atoms with E-state index in [9.17, 15) is 41.9 Å². The molecule has 498 valence electrons. The zero-order valence-electron chi connectivity index (χ0n) is 53.6. The first kappa shape index (κ1) is 69.4. The number of anilines is 2. The Labute approximate surface area is 544 Å². The van der Waals surface area contributed by atoms with E-state index >= 15 is 0 Å². The van der Waals surface area contributed by atoms with Crippen molar-refractivity contribution in [2.75, 3.05) is 103 Å². The van der Waals surface area contributed by atoms with Crippen molar-refractivity contribution in [3.8, 4) is 17.0 Å². The van der Waals surface area contributed by atoms with Crippen LogP contribution < -0.4 is 20.7 Å². The number of hydrogen-bond donors (Lipinski definition) is 3. The zero-order chi connectivity index (χ0) is 66.2. The average molecular weight is 1310 g/mol. The summed E-state index contributed by atoms with van der Waals surface area (Å²) in [6.45, 7) is 14.5. The molecule has 6 aromatic rings. The van der Waals surface area contributed by atoms with E-state index in [0.29, 0.717) is 69.7 Å². The van der Waals surface area contributed by atoms with Crippen LogP contribution in [0.4, 0.5) is 28.8 Å². The molecular formula is C68H83F3N10O11S. The third kappa shape index (κ3) is 19.3. The minimum absolute atomic E-state index is 0.0327. The van der Waals surface area contributed by atoms with Crippen LogP contribution in [0.2, 0.25) is 0 Å². The number of carbonyl (C=O) groups excluding carboxylic acids is 6. The smallest absolute Gasteiger partial charge is 0.416 e. The molecule has 5 amide bonds. The topological polar surface area (TPSA) is 236 Å². The number of alkyl halides is 3. The number of aromatic nitrogens is 3. The van der Waals surface area contributed by atoms with Gasteiger partial charge in [0.2, 0.25) is 11.8 Å². The number of ketones is 1. The fourth-order valence-electron chi connectivity index (χ4n) is 11.6. The lowest BCUT2D eigenvalue weighted by Gasteiger charge is -2.36. The van der Waals surface area contributed by atoms with E-state index in [-0.39, 0.29) is 93.3 Å². The summed E-state index contributed by atoms with van der Waals surface area (Å²) in [4.78, 5) is 103. The number of halogens is 3. The molecule has 1 aliphatic carbocycles. The minimum atomic E-state index is -4.61. The fraction of sp³-hybridized carbons (Fsp3) is 0.485. The summed E-state index contributed by atoms with van der Waals surface area (Å²) >= 11 is 1.16. The molecule has 1 saturated carbocycles. The zero-order valence-corrected chi connectivity index (χ0v) is 54.4. The van der Waals surface area contributed by atoms with E-state index in [0.717, 1.165) is 81.1 Å². The number of hydrogen-bond acceptors (Lipinski definition) is 17. The Hall–Kier alpha value is -7.94. The molecule has 0 bridgehead atoms. The van der Waals surface area contributed by atoms with Crippen LogP contribution >= 0.6 is 11.3 Å². The van der Waals surface area contributed by atoms with E-state index in [1.54, 1.807) is 106 Å². The van der Waals surface area contributed by atoms with E-state index in [2.05, 4.69) is 37.7 Å². The molecule has 21 nitrogen and oxygen atoms in total. The summed E-state index contributed by atoms with van der Waals surface area (Å²) in [6.07, 6.45) is 3.91. The van der Waals surface area contributed by atoms with Gasteiger partial charge in [-0.2, -0.15) is 13.2 Å². The fourth-order valence-corrected chi connectivity index (χ4v) is 12.5. The summed E-state index contributed by atoms with van der Waals surface area (Å²) in [6, 6.07) is 20.6. The van der Waals surface area contributed by atoms with Crippen molar-refractivity contribution in [2.45, 2.75) is 116 Å². The number of amides is 5. The molecule has 0 unspecified atom stereocenters. The minimum Gasteiger partial charge on any atom is -0.491 e. The molecule has 0 spiro atoms. The van der Waals surface area contributed by atoms with Gasteiger partial charge >= 0.3 is 12.3 Å². The molecule has 3 atom stereocenters. The highest BCUT2D eigenvalue weighted by Gasteiger charge is 2.41. The number of carbonyl (C=O) groups is 6. The highest BCUT2D eigenvalue weighted by molar-refractivity contribution is 7.22. The molecule has 3 aliphatic rings. The van der Waals surface area contributed by atoms with Gasteiger partial charge in [-0.3, -0.25) is 44.1 Å². The molecular weight excluding hydrogens is 1220 g/mol. The van der Waals surface area contributed by atoms with Crippen molar-refractivity contribution < 1.29 is 65.6 Å². The van der Waals surface area contributed by atoms with Crippen molar-refractivity contribution in [3.63, 3.8) is 0 Å². The van der Waals surface area contributed by atoms with Crippen molar-refractivity contribution in [2.24, 2.45) is 5.92 Å². The van der Waals surface area contributed by atoms with Crippen LogP contribution in [0.5, 0.6) is 5.75 Å². The van der Waals surface area contributed by atoms with E-state index < -0.39 is 53.2 Å². The number of likely N-dealkylation sites (N-methyl/N-ethyl adjacent to an activating group) is 2. The Bertz CT molecular complexity index is 3570. The number of nitrogens with zero attached hydrogens (tertiary/aromatic N) is 7. The van der Waals surface area contributed by atoms with Gasteiger partial charge in [-0.1, -0.05) is 67.9 Å². The number of nitrogens with one attached hydrogen (secondary N) is 3. The molecule has 2 saturated heterocycles. The first-order chi connectivity index (χ1) is 44.6. The van der Waals surface area contributed by atoms with Crippen molar-refractivity contribution in [1.29, 1.82) is 0 Å². The monoisotopic (exact) mass is 1300 g/mol. The van der Waals surface area contributed by atoms with E-state index in [4.69, 9.17) is 28.7 Å². The first-order valence-electron chi connectivity index (χ1n) is 31.8. The standard InChI is InChI=1S/C68H83F3N10O11S/c1-7-79-26-28-80(29-27-79)42-49-21-22-52(39-54(49)68(69,70)71)73-62(85)48-18-11-16-46(36-48)55-23-24-56-63(74-55)93-65(75-56)76-58(82)43-90-33-32-88-30-31-89-34-35-91-53-19-12-17-47(38-53)60(83)51-37-50(40-72-41-51)57-20-13-25-81(57)64(86)59(45-14-9-8-10-15-45)77-61(84)44(2)78(6)66(87)92-67(3,4)5/h11-12,16-19,21-24,36-41,44-45,57,59H,7-10,13-15,20,25-35,42-43H2,1-6H3,(H,73,85)(H,77,84)(H,75,76,82)/t44-,57-,59-/m0/s1. The van der Waals surface area contributed by atoms with Gasteiger partial charge in [-0.25, -0.2) is 14.8 Å². The van der Waals surface area contributed by atoms with Crippen LogP contribution in [0, 0.1) is 5.92 Å². The third-order valence-electron chi connectivity index (χ3n) is 16.7. The SMILES string of the molecule is CCN1CCN(Cc2ccc(NC(=O)c3cccc(-c4ccc5nc(NC(=O)COCCOCCOCCOc6cccc(C(=O)c7cncc([C@@H]8CCCN8C(=O)[C@@H](NC(=O)[C@H](C)N(C)C(=O)OC(C)(C)C)C8CCCCC8)c7)c6)sc5n4)c3)cc2C(F)(F)F)CC1. The second kappa shape index (κ2) is 32.3. The molecule has 3 aromatic carbocycles. The molecule has 2 aliphatic heterocycles. The highest BCUT2D eigenvalue weighted by atomic mass is 32.1. The number of benzene rings is 3. The van der Waals surface area contributed by atoms with E-state index in [1.165, 1.54) is 30.3 Å². The third-order valence-corrected chi connectivity index (χ3v) is 17.6. The Morgan fingerprint density at radius 2 is 1.44 bits per heavy atom. The van der Waals surface area contributed by atoms with E-state index in [1.807, 2.05) is 4.90 Å². The number of rotatable bonds is 27. The van der Waals surface area contributed by atoms with Gasteiger partial charge in [0, 0.05) is 86.7 Å². The maximum Gasteiger partial charge on any atom is 0.416 e. The van der Waals surface area contributed by atoms with Gasteiger partial charge in [0.1, 0.15) is 47.0 Å². The average Bonchev–Trinajstić information content (AvgIpc) is 1.86. The summed E-state index contributed by atoms with van der Waals surface area (Å²) in [7, 11) is 1.51. The molecule has 3 N–H and O–H groups in total. The Morgan fingerprint density at radius 1 is 0.731 bits per heavy atom. The molecule has 25 heteroatoms. The van der Waals surface area contributed by atoms with Gasteiger partial charge < -0.3 is 44.1 Å². The summed E-state index contributed by atoms with van der Waals surface area (Å²) in [5.41, 5.74) is 2.02. The Kier molecular flexibility index (Phi) is 24.1. The van der Waals surface area contributed by atoms with Gasteiger partial charge in [-0.15, -0.1) is 0 Å². The Morgan fingerprint density at radius 3 is 2.17 bits per heavy atom. The quantitative estimate of drug-likeness (QED) is 0.0321. The summed E-state index contributed by atoms with van der Waals surface area (Å²) < 4.78 is 71.1. The molecule has 9 rings (SSSR count). The van der Waals surface area contributed by atoms with Gasteiger partial charge in [0.05, 0.1) is 50.3 Å². The normalized spacial score (nSPS) is 16.6. The molecule has 5 heterocycles. The first-order valence-corrected chi connectivity index (χ1v) is 32.6. The Balaban J connectivity index is 0.668. The lowest BCUT2D eigenvalue weighted by Crippen LogP contribution is -2.56. The summed E-state index contributed by atoms with van der Waals surface area (Å²) in [5, 5.41) is 8.72. The number of fused-ring (bicyclic) bond motifs is 1. The van der Waals surface area contributed by atoms with Crippen LogP contribution in [-0.4, -0.2) is 180 Å². The second-order valence-electron chi connectivity index (χ2n) is 24.5. The number of piperazine rings is 1. The lowest BCUT2D eigenvalue weighted by atomic mass is 9.83. The van der Waals surface area contributed by atoms with Crippen LogP contribution in [-0.2, 0) is 46.1 Å². The van der Waals surface area contributed by atoms with Crippen molar-refractivity contribution in [3.05, 3.63) is 131 Å². The second-order valence-corrected chi connectivity index (χ2v) is 25.5. The number of thiazole rings is 1. The molecule has 93 heavy (non-hydrogen) atoms. The maximum absolute atomic E-state index is 14.6. The highest BCUT2D eigenvalue weighted by Crippen LogP contribution is 2.38. The number of likely N-dealkylation sites (tertiary alicyclic amines) is 1. The predicted molar refractivity (Wildman–Crippen MR) is 346 cm³/mol.